The standard InChI is InChI=1S/C17H21ClN2O5/c1-3-24-13(25-4-2)8-20-12-7-5-6-11(18)14(12)17(15(20)21)9-19(10-17)16(22)23/h5-7,13H,3-4,8-10H2,1-2H3,(H,22,23). The molecule has 2 amide bonds. The van der Waals surface area contributed by atoms with E-state index in [1.165, 1.54) is 4.90 Å². The first-order valence-electron chi connectivity index (χ1n) is 8.26. The maximum Gasteiger partial charge on any atom is 0.407 e. The first-order chi connectivity index (χ1) is 11.9. The van der Waals surface area contributed by atoms with Crippen molar-refractivity contribution in [1.29, 1.82) is 0 Å². The highest BCUT2D eigenvalue weighted by Gasteiger charge is 2.60. The van der Waals surface area contributed by atoms with Crippen molar-refractivity contribution in [3.63, 3.8) is 0 Å². The van der Waals surface area contributed by atoms with Gasteiger partial charge in [-0.1, -0.05) is 17.7 Å². The molecule has 136 valence electrons. The molecule has 8 heteroatoms. The van der Waals surface area contributed by atoms with E-state index in [4.69, 9.17) is 26.2 Å². The third-order valence-electron chi connectivity index (χ3n) is 4.64. The Labute approximate surface area is 151 Å². The number of amides is 2. The molecular formula is C17H21ClN2O5. The molecule has 7 nitrogen and oxygen atoms in total. The summed E-state index contributed by atoms with van der Waals surface area (Å²) in [5.41, 5.74) is 0.493. The van der Waals surface area contributed by atoms with Crippen LogP contribution in [-0.2, 0) is 19.7 Å². The Morgan fingerprint density at radius 1 is 1.32 bits per heavy atom. The summed E-state index contributed by atoms with van der Waals surface area (Å²) in [4.78, 5) is 27.2. The van der Waals surface area contributed by atoms with E-state index in [1.54, 1.807) is 17.0 Å². The van der Waals surface area contributed by atoms with E-state index in [9.17, 15) is 9.59 Å². The third kappa shape index (κ3) is 2.86. The number of hydrogen-bond donors (Lipinski definition) is 1. The molecule has 1 saturated heterocycles. The normalized spacial score (nSPS) is 18.0. The van der Waals surface area contributed by atoms with Crippen LogP contribution in [-0.4, -0.2) is 61.1 Å². The Hall–Kier alpha value is -1.83. The second-order valence-electron chi connectivity index (χ2n) is 6.11. The molecule has 1 aromatic carbocycles. The molecule has 2 aliphatic rings. The smallest absolute Gasteiger partial charge is 0.407 e. The topological polar surface area (TPSA) is 79.3 Å². The number of nitrogens with zero attached hydrogens (tertiary/aromatic N) is 2. The Bertz CT molecular complexity index is 684. The second kappa shape index (κ2) is 6.82. The van der Waals surface area contributed by atoms with Gasteiger partial charge < -0.3 is 24.4 Å². The Balaban J connectivity index is 1.93. The highest BCUT2D eigenvalue weighted by molar-refractivity contribution is 6.33. The van der Waals surface area contributed by atoms with Gasteiger partial charge in [-0.05, 0) is 26.0 Å². The zero-order chi connectivity index (χ0) is 18.2. The molecule has 1 N–H and O–H groups in total. The summed E-state index contributed by atoms with van der Waals surface area (Å²) >= 11 is 6.38. The van der Waals surface area contributed by atoms with Gasteiger partial charge >= 0.3 is 6.09 Å². The molecule has 1 aromatic rings. The van der Waals surface area contributed by atoms with E-state index in [0.29, 0.717) is 29.5 Å². The minimum absolute atomic E-state index is 0.113. The Morgan fingerprint density at radius 2 is 1.96 bits per heavy atom. The lowest BCUT2D eigenvalue weighted by molar-refractivity contribution is -0.139. The fourth-order valence-electron chi connectivity index (χ4n) is 3.58. The van der Waals surface area contributed by atoms with Gasteiger partial charge in [-0.25, -0.2) is 4.79 Å². The Morgan fingerprint density at radius 3 is 2.52 bits per heavy atom. The summed E-state index contributed by atoms with van der Waals surface area (Å²) in [5, 5.41) is 9.63. The molecule has 0 aliphatic carbocycles. The van der Waals surface area contributed by atoms with Crippen molar-refractivity contribution in [1.82, 2.24) is 4.90 Å². The fraction of sp³-hybridized carbons (Fsp3) is 0.529. The maximum atomic E-state index is 13.2. The number of carboxylic acid groups (broad SMARTS) is 1. The van der Waals surface area contributed by atoms with Crippen LogP contribution in [0.25, 0.3) is 0 Å². The molecule has 0 bridgehead atoms. The van der Waals surface area contributed by atoms with E-state index in [-0.39, 0.29) is 25.5 Å². The molecule has 0 atom stereocenters. The lowest BCUT2D eigenvalue weighted by atomic mass is 9.75. The van der Waals surface area contributed by atoms with Gasteiger partial charge in [-0.2, -0.15) is 0 Å². The third-order valence-corrected chi connectivity index (χ3v) is 4.96. The second-order valence-corrected chi connectivity index (χ2v) is 6.52. The molecule has 25 heavy (non-hydrogen) atoms. The molecule has 0 saturated carbocycles. The average molecular weight is 369 g/mol. The highest BCUT2D eigenvalue weighted by Crippen LogP contribution is 2.50. The summed E-state index contributed by atoms with van der Waals surface area (Å²) < 4.78 is 11.1. The van der Waals surface area contributed by atoms with E-state index < -0.39 is 17.8 Å². The van der Waals surface area contributed by atoms with E-state index >= 15 is 0 Å². The van der Waals surface area contributed by atoms with Gasteiger partial charge in [-0.3, -0.25) is 4.79 Å². The van der Waals surface area contributed by atoms with Crippen LogP contribution >= 0.6 is 11.6 Å². The lowest BCUT2D eigenvalue weighted by Gasteiger charge is -2.45. The number of carbonyl (C=O) groups is 2. The number of anilines is 1. The van der Waals surface area contributed by atoms with Gasteiger partial charge in [0.15, 0.2) is 6.29 Å². The number of carbonyl (C=O) groups excluding carboxylic acids is 1. The molecule has 0 unspecified atom stereocenters. The van der Waals surface area contributed by atoms with Crippen molar-refractivity contribution in [2.24, 2.45) is 0 Å². The number of likely N-dealkylation sites (tertiary alicyclic amines) is 1. The summed E-state index contributed by atoms with van der Waals surface area (Å²) in [6.45, 7) is 5.12. The van der Waals surface area contributed by atoms with Crippen molar-refractivity contribution < 1.29 is 24.2 Å². The molecular weight excluding hydrogens is 348 g/mol. The van der Waals surface area contributed by atoms with Gasteiger partial charge in [0.25, 0.3) is 0 Å². The van der Waals surface area contributed by atoms with Crippen molar-refractivity contribution in [2.45, 2.75) is 25.6 Å². The summed E-state index contributed by atoms with van der Waals surface area (Å²) in [6.07, 6.45) is -1.58. The maximum absolute atomic E-state index is 13.2. The van der Waals surface area contributed by atoms with Crippen LogP contribution in [0, 0.1) is 0 Å². The van der Waals surface area contributed by atoms with Gasteiger partial charge in [0.05, 0.1) is 6.54 Å². The van der Waals surface area contributed by atoms with Gasteiger partial charge in [0, 0.05) is 42.6 Å². The molecule has 1 spiro atoms. The first kappa shape index (κ1) is 18.0. The minimum atomic E-state index is -1.04. The van der Waals surface area contributed by atoms with Crippen LogP contribution in [0.15, 0.2) is 18.2 Å². The summed E-state index contributed by atoms with van der Waals surface area (Å²) in [5.74, 6) is -0.155. The predicted octanol–water partition coefficient (Wildman–Crippen LogP) is 2.32. The largest absolute Gasteiger partial charge is 0.465 e. The van der Waals surface area contributed by atoms with E-state index in [2.05, 4.69) is 0 Å². The van der Waals surface area contributed by atoms with Crippen molar-refractivity contribution in [2.75, 3.05) is 37.7 Å². The number of halogens is 1. The number of rotatable bonds is 6. The number of benzene rings is 1. The average Bonchev–Trinajstić information content (AvgIpc) is 2.77. The minimum Gasteiger partial charge on any atom is -0.465 e. The summed E-state index contributed by atoms with van der Waals surface area (Å²) in [6, 6.07) is 5.33. The quantitative estimate of drug-likeness (QED) is 0.779. The zero-order valence-corrected chi connectivity index (χ0v) is 15.0. The molecule has 3 rings (SSSR count). The summed E-state index contributed by atoms with van der Waals surface area (Å²) in [7, 11) is 0. The van der Waals surface area contributed by atoms with Crippen molar-refractivity contribution in [3.8, 4) is 0 Å². The SMILES string of the molecule is CCOC(CN1C(=O)C2(CN(C(=O)O)C2)c2c(Cl)cccc21)OCC. The molecule has 0 radical (unpaired) electrons. The van der Waals surface area contributed by atoms with Crippen LogP contribution in [0.4, 0.5) is 10.5 Å². The zero-order valence-electron chi connectivity index (χ0n) is 14.2. The van der Waals surface area contributed by atoms with Crippen LogP contribution in [0.3, 0.4) is 0 Å². The molecule has 0 aromatic heterocycles. The van der Waals surface area contributed by atoms with Crippen LogP contribution in [0.2, 0.25) is 5.02 Å². The van der Waals surface area contributed by atoms with Crippen molar-refractivity contribution in [3.05, 3.63) is 28.8 Å². The first-order valence-corrected chi connectivity index (χ1v) is 8.64. The molecule has 1 fully saturated rings. The molecule has 2 aliphatic heterocycles. The van der Waals surface area contributed by atoms with Gasteiger partial charge in [0.2, 0.25) is 5.91 Å². The Kier molecular flexibility index (Phi) is 4.90. The van der Waals surface area contributed by atoms with Gasteiger partial charge in [-0.15, -0.1) is 0 Å². The van der Waals surface area contributed by atoms with E-state index in [1.807, 2.05) is 19.9 Å². The number of ether oxygens (including phenoxy) is 2. The number of hydrogen-bond acceptors (Lipinski definition) is 4. The molecule has 2 heterocycles. The monoisotopic (exact) mass is 368 g/mol. The van der Waals surface area contributed by atoms with Gasteiger partial charge in [0.1, 0.15) is 5.41 Å². The fourth-order valence-corrected chi connectivity index (χ4v) is 3.93. The van der Waals surface area contributed by atoms with Crippen LogP contribution < -0.4 is 4.90 Å². The van der Waals surface area contributed by atoms with Crippen LogP contribution in [0.5, 0.6) is 0 Å². The van der Waals surface area contributed by atoms with Crippen LogP contribution in [0.1, 0.15) is 19.4 Å². The lowest BCUT2D eigenvalue weighted by Crippen LogP contribution is -2.65. The van der Waals surface area contributed by atoms with Crippen molar-refractivity contribution >= 4 is 29.3 Å². The predicted molar refractivity (Wildman–Crippen MR) is 92.1 cm³/mol. The van der Waals surface area contributed by atoms with E-state index in [0.717, 1.165) is 0 Å². The highest BCUT2D eigenvalue weighted by atomic mass is 35.5. The number of fused-ring (bicyclic) bond motifs is 2.